The summed E-state index contributed by atoms with van der Waals surface area (Å²) < 4.78 is 15.6. The summed E-state index contributed by atoms with van der Waals surface area (Å²) in [7, 11) is 3.72. The van der Waals surface area contributed by atoms with E-state index in [9.17, 15) is 4.21 Å². The maximum atomic E-state index is 11.7. The molecule has 0 aromatic rings. The van der Waals surface area contributed by atoms with Crippen LogP contribution in [0.1, 0.15) is 6.42 Å². The van der Waals surface area contributed by atoms with Crippen molar-refractivity contribution < 1.29 is 4.21 Å². The Morgan fingerprint density at radius 3 is 2.54 bits per heavy atom. The first-order valence-electron chi connectivity index (χ1n) is 4.68. The monoisotopic (exact) mass is 203 g/mol. The van der Waals surface area contributed by atoms with Crippen molar-refractivity contribution in [1.82, 2.24) is 13.9 Å². The van der Waals surface area contributed by atoms with Crippen LogP contribution in [-0.2, 0) is 11.2 Å². The predicted octanol–water partition coefficient (Wildman–Crippen LogP) is -0.578. The van der Waals surface area contributed by atoms with Gasteiger partial charge in [-0.25, -0.2) is 12.8 Å². The standard InChI is InChI=1S/C8H17N3OS/c1-10(2)13(12)11-4-3-8(7-11)5-9-6-8/h9H,3-7H2,1-2H3. The molecule has 5 heteroatoms. The molecule has 2 aliphatic heterocycles. The molecule has 2 saturated heterocycles. The lowest BCUT2D eigenvalue weighted by Crippen LogP contribution is -2.55. The number of hydrogen-bond acceptors (Lipinski definition) is 2. The van der Waals surface area contributed by atoms with E-state index in [1.807, 2.05) is 14.1 Å². The van der Waals surface area contributed by atoms with Crippen LogP contribution in [0, 0.1) is 5.41 Å². The molecule has 0 radical (unpaired) electrons. The lowest BCUT2D eigenvalue weighted by molar-refractivity contribution is 0.187. The second-order valence-corrected chi connectivity index (χ2v) is 5.97. The lowest BCUT2D eigenvalue weighted by Gasteiger charge is -2.39. The molecular weight excluding hydrogens is 186 g/mol. The second-order valence-electron chi connectivity index (χ2n) is 4.26. The Labute approximate surface area is 82.0 Å². The summed E-state index contributed by atoms with van der Waals surface area (Å²) in [5, 5.41) is 3.29. The molecule has 1 atom stereocenters. The average molecular weight is 203 g/mol. The Balaban J connectivity index is 1.94. The number of hydrogen-bond donors (Lipinski definition) is 1. The number of nitrogens with zero attached hydrogens (tertiary/aromatic N) is 2. The van der Waals surface area contributed by atoms with Crippen molar-refractivity contribution in [3.63, 3.8) is 0 Å². The number of nitrogens with one attached hydrogen (secondary N) is 1. The third-order valence-electron chi connectivity index (χ3n) is 2.94. The predicted molar refractivity (Wildman–Crippen MR) is 53.3 cm³/mol. The van der Waals surface area contributed by atoms with Gasteiger partial charge in [-0.15, -0.1) is 0 Å². The van der Waals surface area contributed by atoms with E-state index in [-0.39, 0.29) is 0 Å². The molecule has 0 amide bonds. The second kappa shape index (κ2) is 3.31. The van der Waals surface area contributed by atoms with Gasteiger partial charge in [0.15, 0.2) is 11.2 Å². The third kappa shape index (κ3) is 1.66. The average Bonchev–Trinajstić information content (AvgIpc) is 2.45. The van der Waals surface area contributed by atoms with Crippen LogP contribution in [0.3, 0.4) is 0 Å². The smallest absolute Gasteiger partial charge is 0.172 e. The van der Waals surface area contributed by atoms with E-state index < -0.39 is 11.2 Å². The van der Waals surface area contributed by atoms with Crippen LogP contribution >= 0.6 is 0 Å². The van der Waals surface area contributed by atoms with Crippen molar-refractivity contribution in [3.05, 3.63) is 0 Å². The van der Waals surface area contributed by atoms with Crippen LogP contribution in [0.4, 0.5) is 0 Å². The summed E-state index contributed by atoms with van der Waals surface area (Å²) in [6.45, 7) is 4.18. The fourth-order valence-electron chi connectivity index (χ4n) is 2.03. The Hall–Kier alpha value is 0.0300. The molecule has 2 heterocycles. The first kappa shape index (κ1) is 9.58. The van der Waals surface area contributed by atoms with Gasteiger partial charge in [-0.3, -0.25) is 0 Å². The summed E-state index contributed by atoms with van der Waals surface area (Å²) in [5.41, 5.74) is 0.450. The van der Waals surface area contributed by atoms with Crippen molar-refractivity contribution >= 4 is 11.2 Å². The highest BCUT2D eigenvalue weighted by Crippen LogP contribution is 2.34. The molecular formula is C8H17N3OS. The maximum Gasteiger partial charge on any atom is 0.172 e. The van der Waals surface area contributed by atoms with Gasteiger partial charge in [-0.1, -0.05) is 0 Å². The molecule has 2 rings (SSSR count). The topological polar surface area (TPSA) is 35.6 Å². The molecule has 1 unspecified atom stereocenters. The summed E-state index contributed by atoms with van der Waals surface area (Å²) in [5.74, 6) is 0. The first-order valence-corrected chi connectivity index (χ1v) is 5.74. The zero-order valence-corrected chi connectivity index (χ0v) is 9.06. The SMILES string of the molecule is CN(C)S(=O)N1CCC2(CNC2)C1. The van der Waals surface area contributed by atoms with Crippen LogP contribution in [0.2, 0.25) is 0 Å². The van der Waals surface area contributed by atoms with E-state index in [0.717, 1.165) is 26.2 Å². The quantitative estimate of drug-likeness (QED) is 0.652. The molecule has 0 aromatic carbocycles. The van der Waals surface area contributed by atoms with Crippen LogP contribution in [-0.4, -0.2) is 53.1 Å². The summed E-state index contributed by atoms with van der Waals surface area (Å²) >= 11 is -0.922. The Morgan fingerprint density at radius 2 is 2.15 bits per heavy atom. The van der Waals surface area contributed by atoms with Gasteiger partial charge in [0.25, 0.3) is 0 Å². The molecule has 1 N–H and O–H groups in total. The van der Waals surface area contributed by atoms with E-state index in [2.05, 4.69) is 9.62 Å². The van der Waals surface area contributed by atoms with Crippen LogP contribution < -0.4 is 5.32 Å². The summed E-state index contributed by atoms with van der Waals surface area (Å²) in [4.78, 5) is 0. The van der Waals surface area contributed by atoms with E-state index in [1.54, 1.807) is 4.31 Å². The Morgan fingerprint density at radius 1 is 1.46 bits per heavy atom. The van der Waals surface area contributed by atoms with E-state index in [0.29, 0.717) is 5.41 Å². The molecule has 2 fully saturated rings. The minimum Gasteiger partial charge on any atom is -0.315 e. The van der Waals surface area contributed by atoms with Crippen molar-refractivity contribution in [3.8, 4) is 0 Å². The van der Waals surface area contributed by atoms with Gasteiger partial charge in [-0.2, -0.15) is 0 Å². The molecule has 0 aromatic heterocycles. The minimum absolute atomic E-state index is 0.450. The lowest BCUT2D eigenvalue weighted by atomic mass is 9.81. The Kier molecular flexibility index (Phi) is 2.44. The zero-order chi connectivity index (χ0) is 9.47. The van der Waals surface area contributed by atoms with E-state index in [4.69, 9.17) is 0 Å². The van der Waals surface area contributed by atoms with Gasteiger partial charge in [0, 0.05) is 45.7 Å². The van der Waals surface area contributed by atoms with Gasteiger partial charge in [0.2, 0.25) is 0 Å². The molecule has 2 aliphatic rings. The van der Waals surface area contributed by atoms with Crippen molar-refractivity contribution in [2.75, 3.05) is 40.3 Å². The molecule has 4 nitrogen and oxygen atoms in total. The van der Waals surface area contributed by atoms with Crippen LogP contribution in [0.25, 0.3) is 0 Å². The maximum absolute atomic E-state index is 11.7. The highest BCUT2D eigenvalue weighted by Gasteiger charge is 2.44. The van der Waals surface area contributed by atoms with E-state index >= 15 is 0 Å². The molecule has 76 valence electrons. The first-order chi connectivity index (χ1) is 6.13. The normalized spacial score (nSPS) is 29.5. The molecule has 1 spiro atoms. The summed E-state index contributed by atoms with van der Waals surface area (Å²) in [6, 6.07) is 0. The Bertz CT molecular complexity index is 227. The highest BCUT2D eigenvalue weighted by molar-refractivity contribution is 7.80. The van der Waals surface area contributed by atoms with Crippen LogP contribution in [0.5, 0.6) is 0 Å². The van der Waals surface area contributed by atoms with Gasteiger partial charge in [-0.05, 0) is 6.42 Å². The third-order valence-corrected chi connectivity index (χ3v) is 4.31. The van der Waals surface area contributed by atoms with Crippen LogP contribution in [0.15, 0.2) is 0 Å². The minimum atomic E-state index is -0.922. The molecule has 0 bridgehead atoms. The fourth-order valence-corrected chi connectivity index (χ4v) is 3.12. The number of rotatable bonds is 2. The fraction of sp³-hybridized carbons (Fsp3) is 1.00. The van der Waals surface area contributed by atoms with E-state index in [1.165, 1.54) is 6.42 Å². The van der Waals surface area contributed by atoms with Crippen molar-refractivity contribution in [2.24, 2.45) is 5.41 Å². The van der Waals surface area contributed by atoms with Crippen molar-refractivity contribution in [2.45, 2.75) is 6.42 Å². The molecule has 0 saturated carbocycles. The largest absolute Gasteiger partial charge is 0.315 e. The molecule has 0 aliphatic carbocycles. The molecule has 13 heavy (non-hydrogen) atoms. The van der Waals surface area contributed by atoms with Crippen molar-refractivity contribution in [1.29, 1.82) is 0 Å². The zero-order valence-electron chi connectivity index (χ0n) is 8.25. The highest BCUT2D eigenvalue weighted by atomic mass is 32.2. The van der Waals surface area contributed by atoms with Gasteiger partial charge < -0.3 is 5.32 Å². The van der Waals surface area contributed by atoms with Gasteiger partial charge in [0.1, 0.15) is 0 Å². The van der Waals surface area contributed by atoms with Gasteiger partial charge >= 0.3 is 0 Å². The summed E-state index contributed by atoms with van der Waals surface area (Å²) in [6.07, 6.45) is 1.19. The van der Waals surface area contributed by atoms with Gasteiger partial charge in [0.05, 0.1) is 0 Å².